The van der Waals surface area contributed by atoms with Crippen LogP contribution in [0.3, 0.4) is 0 Å². The maximum atomic E-state index is 5.30. The van der Waals surface area contributed by atoms with Crippen molar-refractivity contribution in [1.29, 1.82) is 0 Å². The second-order valence-corrected chi connectivity index (χ2v) is 16.6. The van der Waals surface area contributed by atoms with E-state index in [2.05, 4.69) is 204 Å². The number of para-hydroxylation sites is 1. The fourth-order valence-electron chi connectivity index (χ4n) is 9.01. The Morgan fingerprint density at radius 3 is 1.78 bits per heavy atom. The van der Waals surface area contributed by atoms with Crippen LogP contribution in [0, 0.1) is 0 Å². The van der Waals surface area contributed by atoms with Crippen molar-refractivity contribution < 1.29 is 0 Å². The van der Waals surface area contributed by atoms with Crippen LogP contribution in [0.5, 0.6) is 0 Å². The van der Waals surface area contributed by atoms with Gasteiger partial charge in [-0.2, -0.15) is 9.97 Å². The third kappa shape index (κ3) is 8.00. The Balaban J connectivity index is 1.16. The number of aromatic nitrogens is 4. The third-order valence-corrected chi connectivity index (χ3v) is 12.4. The first-order valence-electron chi connectivity index (χ1n) is 22.6. The molecule has 0 bridgehead atoms. The SMILES string of the molecule is C=C/C=C\C=C(/C)c1nc(-c2ccccc2)nc(-n2c3cc(-c4ccccc4)ccc3c3ccc(N(c4ccc(-c5ccc6ccccc6c5)cc4)c4ccccc4-c4ccccc4)cc32)n1. The molecule has 5 heteroatoms. The van der Waals surface area contributed by atoms with Gasteiger partial charge in [0, 0.05) is 33.3 Å². The highest BCUT2D eigenvalue weighted by molar-refractivity contribution is 6.11. The van der Waals surface area contributed by atoms with Crippen LogP contribution >= 0.6 is 0 Å². The predicted octanol–water partition coefficient (Wildman–Crippen LogP) is 16.4. The highest BCUT2D eigenvalue weighted by Crippen LogP contribution is 2.44. The van der Waals surface area contributed by atoms with E-state index in [9.17, 15) is 0 Å². The molecule has 0 saturated carbocycles. The summed E-state index contributed by atoms with van der Waals surface area (Å²) in [5.74, 6) is 1.71. The van der Waals surface area contributed by atoms with Crippen molar-refractivity contribution in [1.82, 2.24) is 19.5 Å². The monoisotopic (exact) mass is 859 g/mol. The normalized spacial score (nSPS) is 11.7. The van der Waals surface area contributed by atoms with Gasteiger partial charge in [-0.05, 0) is 93.6 Å². The number of rotatable bonds is 11. The van der Waals surface area contributed by atoms with Crippen molar-refractivity contribution in [3.05, 3.63) is 255 Å². The lowest BCUT2D eigenvalue weighted by Crippen LogP contribution is -2.12. The molecular formula is C62H45N5. The first-order chi connectivity index (χ1) is 33.1. The lowest BCUT2D eigenvalue weighted by atomic mass is 9.99. The van der Waals surface area contributed by atoms with E-state index in [0.29, 0.717) is 17.6 Å². The van der Waals surface area contributed by atoms with E-state index in [1.165, 1.54) is 16.3 Å². The average Bonchev–Trinajstić information content (AvgIpc) is 3.72. The Kier molecular flexibility index (Phi) is 10.9. The van der Waals surface area contributed by atoms with Crippen LogP contribution in [0.25, 0.3) is 88.9 Å². The zero-order valence-corrected chi connectivity index (χ0v) is 37.0. The summed E-state index contributed by atoms with van der Waals surface area (Å²) in [5, 5.41) is 4.64. The van der Waals surface area contributed by atoms with E-state index in [4.69, 9.17) is 15.0 Å². The number of anilines is 3. The van der Waals surface area contributed by atoms with E-state index in [0.717, 1.165) is 77.8 Å². The number of fused-ring (bicyclic) bond motifs is 4. The van der Waals surface area contributed by atoms with Crippen LogP contribution in [0.2, 0.25) is 0 Å². The Labute approximate surface area is 390 Å². The van der Waals surface area contributed by atoms with Crippen molar-refractivity contribution in [2.45, 2.75) is 6.92 Å². The van der Waals surface area contributed by atoms with Crippen molar-refractivity contribution >= 4 is 55.2 Å². The second kappa shape index (κ2) is 17.9. The maximum Gasteiger partial charge on any atom is 0.238 e. The Morgan fingerprint density at radius 1 is 0.463 bits per heavy atom. The number of hydrogen-bond donors (Lipinski definition) is 0. The topological polar surface area (TPSA) is 46.8 Å². The van der Waals surface area contributed by atoms with Gasteiger partial charge in [-0.25, -0.2) is 4.98 Å². The van der Waals surface area contributed by atoms with Gasteiger partial charge in [0.05, 0.1) is 16.7 Å². The van der Waals surface area contributed by atoms with Crippen LogP contribution in [0.1, 0.15) is 12.7 Å². The minimum absolute atomic E-state index is 0.530. The first-order valence-corrected chi connectivity index (χ1v) is 22.6. The molecule has 0 amide bonds. The van der Waals surface area contributed by atoms with Gasteiger partial charge in [-0.1, -0.05) is 207 Å². The summed E-state index contributed by atoms with van der Waals surface area (Å²) in [4.78, 5) is 18.0. The summed E-state index contributed by atoms with van der Waals surface area (Å²) in [6, 6.07) is 77.5. The number of benzene rings is 9. The van der Waals surface area contributed by atoms with Crippen molar-refractivity contribution in [3.8, 4) is 50.7 Å². The van der Waals surface area contributed by atoms with Gasteiger partial charge >= 0.3 is 0 Å². The van der Waals surface area contributed by atoms with Gasteiger partial charge in [0.25, 0.3) is 0 Å². The van der Waals surface area contributed by atoms with Gasteiger partial charge in [0.1, 0.15) is 0 Å². The Hall–Kier alpha value is -8.93. The molecule has 67 heavy (non-hydrogen) atoms. The largest absolute Gasteiger partial charge is 0.310 e. The summed E-state index contributed by atoms with van der Waals surface area (Å²) < 4.78 is 2.22. The molecule has 2 heterocycles. The molecule has 0 atom stereocenters. The standard InChI is InChI=1S/C62H45N5/c1-3-4-8-19-43(2)60-63-61(48-25-13-7-14-26-48)65-62(64-60)67-58-41-51(44-20-9-5-10-21-44)34-38-55(58)56-39-37-53(42-59(56)67)66(57-29-18-17-28-54(57)47-23-11-6-12-24-47)52-35-32-46(33-36-52)50-31-30-45-22-15-16-27-49(45)40-50/h3-42H,1H2,2H3/b8-4-,43-19+. The molecule has 318 valence electrons. The number of allylic oxidation sites excluding steroid dienone is 5. The maximum absolute atomic E-state index is 5.30. The summed E-state index contributed by atoms with van der Waals surface area (Å²) in [5.41, 5.74) is 13.7. The fourth-order valence-corrected chi connectivity index (χ4v) is 9.01. The highest BCUT2D eigenvalue weighted by Gasteiger charge is 2.22. The lowest BCUT2D eigenvalue weighted by Gasteiger charge is -2.28. The van der Waals surface area contributed by atoms with E-state index in [1.807, 2.05) is 55.5 Å². The van der Waals surface area contributed by atoms with Crippen molar-refractivity contribution in [2.75, 3.05) is 4.90 Å². The van der Waals surface area contributed by atoms with E-state index in [-0.39, 0.29) is 0 Å². The molecule has 9 aromatic carbocycles. The van der Waals surface area contributed by atoms with Crippen LogP contribution < -0.4 is 4.90 Å². The molecule has 2 aromatic heterocycles. The van der Waals surface area contributed by atoms with Gasteiger partial charge in [-0.3, -0.25) is 4.57 Å². The van der Waals surface area contributed by atoms with Crippen molar-refractivity contribution in [3.63, 3.8) is 0 Å². The van der Waals surface area contributed by atoms with Gasteiger partial charge in [0.2, 0.25) is 5.95 Å². The van der Waals surface area contributed by atoms with Gasteiger partial charge in [-0.15, -0.1) is 0 Å². The summed E-state index contributed by atoms with van der Waals surface area (Å²) >= 11 is 0. The summed E-state index contributed by atoms with van der Waals surface area (Å²) in [7, 11) is 0. The van der Waals surface area contributed by atoms with Crippen LogP contribution in [-0.4, -0.2) is 19.5 Å². The molecule has 11 rings (SSSR count). The first kappa shape index (κ1) is 40.8. The van der Waals surface area contributed by atoms with Crippen molar-refractivity contribution in [2.24, 2.45) is 0 Å². The molecule has 0 saturated heterocycles. The second-order valence-electron chi connectivity index (χ2n) is 16.6. The average molecular weight is 860 g/mol. The zero-order valence-electron chi connectivity index (χ0n) is 37.0. The van der Waals surface area contributed by atoms with Crippen LogP contribution in [-0.2, 0) is 0 Å². The highest BCUT2D eigenvalue weighted by atomic mass is 15.2. The van der Waals surface area contributed by atoms with E-state index < -0.39 is 0 Å². The molecule has 0 radical (unpaired) electrons. The molecule has 0 aliphatic rings. The fraction of sp³-hybridized carbons (Fsp3) is 0.0161. The minimum atomic E-state index is 0.530. The molecule has 0 N–H and O–H groups in total. The molecular weight excluding hydrogens is 815 g/mol. The molecule has 11 aromatic rings. The van der Waals surface area contributed by atoms with Gasteiger partial charge in [0.15, 0.2) is 11.6 Å². The smallest absolute Gasteiger partial charge is 0.238 e. The lowest BCUT2D eigenvalue weighted by molar-refractivity contribution is 0.930. The van der Waals surface area contributed by atoms with Crippen LogP contribution in [0.4, 0.5) is 17.1 Å². The van der Waals surface area contributed by atoms with Crippen LogP contribution in [0.15, 0.2) is 249 Å². The molecule has 5 nitrogen and oxygen atoms in total. The third-order valence-electron chi connectivity index (χ3n) is 12.4. The molecule has 0 aliphatic carbocycles. The molecule has 0 aliphatic heterocycles. The molecule has 0 spiro atoms. The van der Waals surface area contributed by atoms with Gasteiger partial charge < -0.3 is 4.90 Å². The number of nitrogens with zero attached hydrogens (tertiary/aromatic N) is 5. The predicted molar refractivity (Wildman–Crippen MR) is 281 cm³/mol. The summed E-state index contributed by atoms with van der Waals surface area (Å²) in [6.45, 7) is 5.89. The van der Waals surface area contributed by atoms with E-state index >= 15 is 0 Å². The minimum Gasteiger partial charge on any atom is -0.310 e. The quantitative estimate of drug-likeness (QED) is 0.122. The Bertz CT molecular complexity index is 3650. The summed E-state index contributed by atoms with van der Waals surface area (Å²) in [6.07, 6.45) is 7.64. The van der Waals surface area contributed by atoms with E-state index in [1.54, 1.807) is 6.08 Å². The molecule has 0 unspecified atom stereocenters. The molecule has 0 fully saturated rings. The zero-order chi connectivity index (χ0) is 45.1. The Morgan fingerprint density at radius 2 is 1.03 bits per heavy atom. The number of hydrogen-bond acceptors (Lipinski definition) is 4.